The molecule has 1 heterocycles. The molecule has 0 radical (unpaired) electrons. The van der Waals surface area contributed by atoms with Gasteiger partial charge in [-0.05, 0) is 37.1 Å². The Labute approximate surface area is 161 Å². The van der Waals surface area contributed by atoms with Gasteiger partial charge in [-0.15, -0.1) is 11.6 Å². The average Bonchev–Trinajstić information content (AvgIpc) is 2.62. The SMILES string of the molecule is COc1ccc(COC(=O)C(=C(C)C)N2C(=O)C(Cl)C2SC(C)=O)cc1. The molecule has 140 valence electrons. The summed E-state index contributed by atoms with van der Waals surface area (Å²) in [5, 5.41) is -1.63. The van der Waals surface area contributed by atoms with E-state index in [2.05, 4.69) is 0 Å². The fourth-order valence-electron chi connectivity index (χ4n) is 2.43. The number of rotatable bonds is 6. The van der Waals surface area contributed by atoms with E-state index in [0.29, 0.717) is 11.3 Å². The van der Waals surface area contributed by atoms with Crippen LogP contribution in [0.1, 0.15) is 26.3 Å². The van der Waals surface area contributed by atoms with Crippen LogP contribution in [0.3, 0.4) is 0 Å². The van der Waals surface area contributed by atoms with Crippen LogP contribution in [-0.4, -0.2) is 39.8 Å². The summed E-state index contributed by atoms with van der Waals surface area (Å²) >= 11 is 6.93. The maximum atomic E-state index is 12.6. The maximum Gasteiger partial charge on any atom is 0.355 e. The van der Waals surface area contributed by atoms with E-state index in [1.54, 1.807) is 45.2 Å². The van der Waals surface area contributed by atoms with Crippen LogP contribution in [0.25, 0.3) is 0 Å². The Balaban J connectivity index is 2.11. The minimum absolute atomic E-state index is 0.0520. The third-order valence-corrected chi connectivity index (χ3v) is 5.33. The Hall–Kier alpha value is -1.99. The summed E-state index contributed by atoms with van der Waals surface area (Å²) in [7, 11) is 1.57. The number of hydrogen-bond acceptors (Lipinski definition) is 6. The minimum Gasteiger partial charge on any atom is -0.497 e. The van der Waals surface area contributed by atoms with Crippen molar-refractivity contribution in [2.45, 2.75) is 38.1 Å². The highest BCUT2D eigenvalue weighted by molar-refractivity contribution is 8.14. The third kappa shape index (κ3) is 4.40. The number of esters is 1. The molecule has 1 aromatic rings. The fraction of sp³-hybridized carbons (Fsp3) is 0.389. The third-order valence-electron chi connectivity index (χ3n) is 3.70. The summed E-state index contributed by atoms with van der Waals surface area (Å²) in [5.74, 6) is -0.344. The molecular weight excluding hydrogens is 378 g/mol. The Morgan fingerprint density at radius 2 is 1.81 bits per heavy atom. The number of hydrogen-bond donors (Lipinski definition) is 0. The zero-order valence-electron chi connectivity index (χ0n) is 14.9. The molecule has 1 aliphatic heterocycles. The second-order valence-corrected chi connectivity index (χ2v) is 7.65. The number of alkyl halides is 1. The van der Waals surface area contributed by atoms with Crippen LogP contribution in [0, 0.1) is 0 Å². The highest BCUT2D eigenvalue weighted by Gasteiger charge is 2.51. The van der Waals surface area contributed by atoms with Crippen molar-refractivity contribution >= 4 is 40.4 Å². The largest absolute Gasteiger partial charge is 0.497 e. The Kier molecular flexibility index (Phi) is 6.72. The van der Waals surface area contributed by atoms with Gasteiger partial charge in [-0.1, -0.05) is 23.9 Å². The monoisotopic (exact) mass is 397 g/mol. The zero-order valence-corrected chi connectivity index (χ0v) is 16.5. The number of β-lactam (4-membered cyclic amide) rings is 1. The number of carbonyl (C=O) groups excluding carboxylic acids is 3. The second-order valence-electron chi connectivity index (χ2n) is 5.88. The quantitative estimate of drug-likeness (QED) is 0.318. The number of benzene rings is 1. The molecule has 0 N–H and O–H groups in total. The van der Waals surface area contributed by atoms with E-state index in [-0.39, 0.29) is 17.4 Å². The summed E-state index contributed by atoms with van der Waals surface area (Å²) in [6.45, 7) is 4.85. The van der Waals surface area contributed by atoms with Crippen molar-refractivity contribution in [3.8, 4) is 5.75 Å². The van der Waals surface area contributed by atoms with Crippen molar-refractivity contribution in [1.29, 1.82) is 0 Å². The van der Waals surface area contributed by atoms with Crippen molar-refractivity contribution in [3.05, 3.63) is 41.1 Å². The van der Waals surface area contributed by atoms with Crippen molar-refractivity contribution in [2.24, 2.45) is 0 Å². The summed E-state index contributed by atoms with van der Waals surface area (Å²) < 4.78 is 10.4. The molecule has 1 amide bonds. The van der Waals surface area contributed by atoms with Crippen molar-refractivity contribution in [1.82, 2.24) is 4.90 Å². The molecule has 0 aliphatic carbocycles. The highest BCUT2D eigenvalue weighted by Crippen LogP contribution is 2.38. The number of ether oxygens (including phenoxy) is 2. The van der Waals surface area contributed by atoms with Crippen LogP contribution in [0.15, 0.2) is 35.5 Å². The van der Waals surface area contributed by atoms with Crippen LogP contribution < -0.4 is 4.74 Å². The van der Waals surface area contributed by atoms with Gasteiger partial charge in [0.15, 0.2) is 5.12 Å². The Morgan fingerprint density at radius 1 is 1.19 bits per heavy atom. The number of allylic oxidation sites excluding steroid dienone is 1. The predicted molar refractivity (Wildman–Crippen MR) is 99.7 cm³/mol. The molecule has 2 unspecified atom stereocenters. The van der Waals surface area contributed by atoms with Crippen LogP contribution in [-0.2, 0) is 25.7 Å². The molecule has 1 aliphatic rings. The van der Waals surface area contributed by atoms with Gasteiger partial charge in [0.1, 0.15) is 28.8 Å². The number of methoxy groups -OCH3 is 1. The van der Waals surface area contributed by atoms with Gasteiger partial charge in [-0.25, -0.2) is 4.79 Å². The molecule has 0 spiro atoms. The molecule has 0 aromatic heterocycles. The van der Waals surface area contributed by atoms with E-state index in [1.807, 2.05) is 0 Å². The molecule has 0 bridgehead atoms. The van der Waals surface area contributed by atoms with E-state index >= 15 is 0 Å². The van der Waals surface area contributed by atoms with Crippen LogP contribution in [0.2, 0.25) is 0 Å². The number of thioether (sulfide) groups is 1. The molecule has 0 saturated carbocycles. The lowest BCUT2D eigenvalue weighted by Gasteiger charge is -2.43. The molecule has 6 nitrogen and oxygen atoms in total. The first-order valence-corrected chi connectivity index (χ1v) is 9.19. The number of nitrogens with zero attached hydrogens (tertiary/aromatic N) is 1. The summed E-state index contributed by atoms with van der Waals surface area (Å²) in [5.41, 5.74) is 1.52. The highest BCUT2D eigenvalue weighted by atomic mass is 35.5. The van der Waals surface area contributed by atoms with Gasteiger partial charge in [0, 0.05) is 6.92 Å². The van der Waals surface area contributed by atoms with Gasteiger partial charge in [-0.3, -0.25) is 14.5 Å². The molecule has 26 heavy (non-hydrogen) atoms. The summed E-state index contributed by atoms with van der Waals surface area (Å²) in [6, 6.07) is 7.10. The lowest BCUT2D eigenvalue weighted by molar-refractivity contribution is -0.149. The number of halogens is 1. The van der Waals surface area contributed by atoms with Gasteiger partial charge in [-0.2, -0.15) is 0 Å². The molecule has 8 heteroatoms. The lowest BCUT2D eigenvalue weighted by Crippen LogP contribution is -2.61. The standard InChI is InChI=1S/C18H20ClNO5S/c1-10(2)15(20-16(22)14(19)17(20)26-11(3)21)18(23)25-9-12-5-7-13(24-4)8-6-12/h5-8,14,17H,9H2,1-4H3. The molecule has 1 aromatic carbocycles. The first kappa shape index (κ1) is 20.3. The minimum atomic E-state index is -0.840. The van der Waals surface area contributed by atoms with Gasteiger partial charge >= 0.3 is 5.97 Å². The lowest BCUT2D eigenvalue weighted by atomic mass is 10.1. The molecule has 1 saturated heterocycles. The Morgan fingerprint density at radius 3 is 2.31 bits per heavy atom. The number of likely N-dealkylation sites (tertiary alicyclic amines) is 1. The number of amides is 1. The summed E-state index contributed by atoms with van der Waals surface area (Å²) in [4.78, 5) is 37.4. The Bertz CT molecular complexity index is 742. The molecule has 2 rings (SSSR count). The van der Waals surface area contributed by atoms with E-state index < -0.39 is 22.6 Å². The van der Waals surface area contributed by atoms with Crippen LogP contribution >= 0.6 is 23.4 Å². The van der Waals surface area contributed by atoms with Gasteiger partial charge in [0.2, 0.25) is 5.91 Å². The second kappa shape index (κ2) is 8.60. The van der Waals surface area contributed by atoms with Crippen LogP contribution in [0.5, 0.6) is 5.75 Å². The first-order valence-electron chi connectivity index (χ1n) is 7.88. The van der Waals surface area contributed by atoms with Crippen LogP contribution in [0.4, 0.5) is 0 Å². The van der Waals surface area contributed by atoms with Gasteiger partial charge < -0.3 is 9.47 Å². The molecule has 2 atom stereocenters. The average molecular weight is 398 g/mol. The van der Waals surface area contributed by atoms with E-state index in [0.717, 1.165) is 17.3 Å². The summed E-state index contributed by atoms with van der Waals surface area (Å²) in [6.07, 6.45) is 0. The van der Waals surface area contributed by atoms with Gasteiger partial charge in [0.25, 0.3) is 0 Å². The molecular formula is C18H20ClNO5S. The van der Waals surface area contributed by atoms with E-state index in [9.17, 15) is 14.4 Å². The topological polar surface area (TPSA) is 72.9 Å². The van der Waals surface area contributed by atoms with Crippen molar-refractivity contribution < 1.29 is 23.9 Å². The molecule has 1 fully saturated rings. The van der Waals surface area contributed by atoms with E-state index in [1.165, 1.54) is 11.8 Å². The van der Waals surface area contributed by atoms with E-state index in [4.69, 9.17) is 21.1 Å². The van der Waals surface area contributed by atoms with Crippen molar-refractivity contribution in [2.75, 3.05) is 7.11 Å². The zero-order chi connectivity index (χ0) is 19.4. The smallest absolute Gasteiger partial charge is 0.355 e. The normalized spacial score (nSPS) is 18.8. The first-order chi connectivity index (χ1) is 12.3. The fourth-order valence-corrected chi connectivity index (χ4v) is 3.69. The number of carbonyl (C=O) groups is 3. The maximum absolute atomic E-state index is 12.6. The predicted octanol–water partition coefficient (Wildman–Crippen LogP) is 3.09. The van der Waals surface area contributed by atoms with Gasteiger partial charge in [0.05, 0.1) is 7.11 Å². The van der Waals surface area contributed by atoms with Crippen molar-refractivity contribution in [3.63, 3.8) is 0 Å².